The van der Waals surface area contributed by atoms with Crippen LogP contribution in [0.2, 0.25) is 0 Å². The van der Waals surface area contributed by atoms with E-state index in [-0.39, 0.29) is 20.8 Å². The molecule has 0 aliphatic rings. The normalized spacial score (nSPS) is 9.41. The van der Waals surface area contributed by atoms with Crippen molar-refractivity contribution >= 4 is 66.0 Å². The standard InChI is InChI=1S/C29H31NP2.C4H8O2.C2H7NO.CO2.CHO.ClH.Ru.H2.H/c1-30(22-24-31(26-14-6-2-7-15-26)27-16-8-3-9-17-27)23-25-32(28-18-10-4-11-19-28)29-20-12-5-13-21-29;5-3-1-2-4-6;3-1-2-4;2-1-3;1-2;;;;/h2-21H,22-25H2,1H3;3,6H,1-2,4H2;4H,1-3H2;;1H;1H;;1H;/q;;;;-1;;+3;;/p+1. The number of aliphatic hydroxyl groups is 2. The Labute approximate surface area is 309 Å². The SMILES string of the molecule is CN(CC[PH+](c1ccccc1)c1ccccc1)CC[PH+](c1ccccc1)c1ccccc1.NCCO.O=C=O.O=CCCCO.[CH-]=O.[Cl][RuH+2].[HH]. The minimum Gasteiger partial charge on any atom is 0 e. The van der Waals surface area contributed by atoms with Crippen LogP contribution in [0.15, 0.2) is 121 Å². The molecule has 4 rings (SSSR count). The number of unbranched alkanes of at least 4 members (excludes halogenated alkanes) is 1. The predicted octanol–water partition coefficient (Wildman–Crippen LogP) is 3.35. The van der Waals surface area contributed by atoms with Gasteiger partial charge in [0.2, 0.25) is 0 Å². The maximum Gasteiger partial charge on any atom is 0 e. The Balaban J connectivity index is -0.00000104. The molecule has 4 aromatic carbocycles. The molecule has 4 aromatic rings. The summed E-state index contributed by atoms with van der Waals surface area (Å²) in [6, 6.07) is 44.4. The van der Waals surface area contributed by atoms with E-state index in [9.17, 15) is 4.79 Å². The van der Waals surface area contributed by atoms with Crippen molar-refractivity contribution in [3.63, 3.8) is 0 Å². The van der Waals surface area contributed by atoms with Gasteiger partial charge in [-0.1, -0.05) is 72.8 Å². The van der Waals surface area contributed by atoms with Gasteiger partial charge in [-0.25, -0.2) is 0 Å². The maximum absolute atomic E-state index is 9.45. The molecule has 0 unspecified atom stereocenters. The molecule has 0 aliphatic heterocycles. The molecule has 0 radical (unpaired) electrons. The van der Waals surface area contributed by atoms with E-state index in [1.807, 2.05) is 0 Å². The molecule has 268 valence electrons. The van der Waals surface area contributed by atoms with E-state index in [4.69, 9.17) is 30.3 Å². The van der Waals surface area contributed by atoms with Crippen molar-refractivity contribution in [1.29, 1.82) is 0 Å². The van der Waals surface area contributed by atoms with Crippen LogP contribution in [-0.4, -0.2) is 86.6 Å². The van der Waals surface area contributed by atoms with Crippen molar-refractivity contribution in [2.45, 2.75) is 12.8 Å². The summed E-state index contributed by atoms with van der Waals surface area (Å²) in [5, 5.41) is 21.8. The summed E-state index contributed by atoms with van der Waals surface area (Å²) < 4.78 is 0. The van der Waals surface area contributed by atoms with Crippen LogP contribution in [0.5, 0.6) is 0 Å². The van der Waals surface area contributed by atoms with Gasteiger partial charge in [0.25, 0.3) is 0 Å². The molecule has 0 bridgehead atoms. The van der Waals surface area contributed by atoms with Gasteiger partial charge in [0.15, 0.2) is 0 Å². The van der Waals surface area contributed by atoms with E-state index >= 15 is 0 Å². The zero-order valence-corrected chi connectivity index (χ0v) is 32.5. The number of carbonyl (C=O) groups excluding carboxylic acids is 4. The Kier molecular flexibility index (Phi) is 36.0. The van der Waals surface area contributed by atoms with Gasteiger partial charge < -0.3 is 25.5 Å². The van der Waals surface area contributed by atoms with Gasteiger partial charge in [-0.15, -0.1) is 0 Å². The zero-order chi connectivity index (χ0) is 37.0. The summed E-state index contributed by atoms with van der Waals surface area (Å²) in [7, 11) is 5.37. The summed E-state index contributed by atoms with van der Waals surface area (Å²) in [5.41, 5.74) is 4.78. The molecule has 0 heterocycles. The van der Waals surface area contributed by atoms with Crippen LogP contribution < -0.4 is 27.0 Å². The number of halogens is 1. The van der Waals surface area contributed by atoms with Crippen LogP contribution in [0.1, 0.15) is 14.3 Å². The largest absolute Gasteiger partial charge is 0 e. The van der Waals surface area contributed by atoms with Gasteiger partial charge in [0.1, 0.15) is 6.29 Å². The summed E-state index contributed by atoms with van der Waals surface area (Å²) in [5.74, 6) is 0. The number of aliphatic hydroxyl groups excluding tert-OH is 2. The maximum atomic E-state index is 9.45. The number of nitrogens with zero attached hydrogens (tertiary/aromatic N) is 1. The third-order valence-corrected chi connectivity index (χ3v) is 12.2. The predicted molar refractivity (Wildman–Crippen MR) is 208 cm³/mol. The van der Waals surface area contributed by atoms with Gasteiger partial charge in [-0.3, -0.25) is 11.7 Å². The fourth-order valence-corrected chi connectivity index (χ4v) is 9.77. The van der Waals surface area contributed by atoms with E-state index in [0.29, 0.717) is 19.4 Å². The summed E-state index contributed by atoms with van der Waals surface area (Å²) in [6.07, 6.45) is 4.60. The quantitative estimate of drug-likeness (QED) is 0.0580. The van der Waals surface area contributed by atoms with Crippen LogP contribution in [-0.2, 0) is 36.5 Å². The molecular formula is C37H52ClN2O6P2Ru+3. The minimum absolute atomic E-state index is 0. The molecule has 49 heavy (non-hydrogen) atoms. The third kappa shape index (κ3) is 24.1. The number of hydrogen-bond donors (Lipinski definition) is 3. The summed E-state index contributed by atoms with van der Waals surface area (Å²) in [4.78, 5) is 36.0. The van der Waals surface area contributed by atoms with E-state index in [1.165, 1.54) is 33.5 Å². The average molecular weight is 819 g/mol. The Morgan fingerprint density at radius 3 is 1.16 bits per heavy atom. The number of hydrogen-bond acceptors (Lipinski definition) is 8. The third-order valence-electron chi connectivity index (χ3n) is 6.59. The van der Waals surface area contributed by atoms with Gasteiger partial charge in [0, 0.05) is 34.1 Å². The van der Waals surface area contributed by atoms with E-state index in [1.54, 1.807) is 17.3 Å². The van der Waals surface area contributed by atoms with E-state index < -0.39 is 15.8 Å². The van der Waals surface area contributed by atoms with Crippen LogP contribution in [0, 0.1) is 0 Å². The first-order chi connectivity index (χ1) is 24.1. The molecule has 4 N–H and O–H groups in total. The van der Waals surface area contributed by atoms with Crippen LogP contribution in [0.3, 0.4) is 0 Å². The summed E-state index contributed by atoms with van der Waals surface area (Å²) in [6.45, 7) is 6.12. The smallest absolute Gasteiger partial charge is 0 e. The first-order valence-corrected chi connectivity index (χ1v) is 21.2. The summed E-state index contributed by atoms with van der Waals surface area (Å²) >= 11 is 1.62. The number of aldehydes is 1. The second kappa shape index (κ2) is 36.5. The first kappa shape index (κ1) is 48.3. The molecule has 0 fully saturated rings. The molecule has 12 heteroatoms. The fourth-order valence-electron chi connectivity index (χ4n) is 4.36. The molecule has 0 atom stereocenters. The van der Waals surface area contributed by atoms with Gasteiger partial charge in [-0.05, 0) is 62.0 Å². The molecular weight excluding hydrogens is 767 g/mol. The molecule has 0 aliphatic carbocycles. The number of rotatable bonds is 14. The Hall–Kier alpha value is -2.79. The Bertz CT molecular complexity index is 1150. The monoisotopic (exact) mass is 819 g/mol. The molecule has 8 nitrogen and oxygen atoms in total. The van der Waals surface area contributed by atoms with Crippen molar-refractivity contribution in [3.8, 4) is 0 Å². The van der Waals surface area contributed by atoms with Crippen LogP contribution in [0.4, 0.5) is 0 Å². The molecule has 0 amide bonds. The average Bonchev–Trinajstić information content (AvgIpc) is 3.18. The van der Waals surface area contributed by atoms with Crippen molar-refractivity contribution in [2.24, 2.45) is 5.73 Å². The van der Waals surface area contributed by atoms with Crippen molar-refractivity contribution in [1.82, 2.24) is 4.90 Å². The number of carbonyl (C=O) groups is 1. The molecule has 0 aromatic heterocycles. The number of nitrogens with two attached hydrogens (primary N) is 1. The van der Waals surface area contributed by atoms with E-state index in [0.717, 1.165) is 19.4 Å². The first-order valence-electron chi connectivity index (χ1n) is 15.4. The second-order valence-electron chi connectivity index (χ2n) is 9.85. The topological polar surface area (TPSA) is 138 Å². The molecule has 0 saturated carbocycles. The Morgan fingerprint density at radius 1 is 0.714 bits per heavy atom. The van der Waals surface area contributed by atoms with Crippen LogP contribution in [0.25, 0.3) is 0 Å². The second-order valence-corrected chi connectivity index (χ2v) is 15.1. The fraction of sp³-hybridized carbons (Fsp3) is 0.270. The Morgan fingerprint density at radius 2 is 0.980 bits per heavy atom. The van der Waals surface area contributed by atoms with Crippen molar-refractivity contribution in [2.75, 3.05) is 52.2 Å². The zero-order valence-electron chi connectivity index (χ0n) is 27.9. The van der Waals surface area contributed by atoms with E-state index in [2.05, 4.69) is 150 Å². The minimum atomic E-state index is -0.769. The molecule has 0 spiro atoms. The van der Waals surface area contributed by atoms with Crippen molar-refractivity contribution < 1.29 is 48.1 Å². The van der Waals surface area contributed by atoms with Crippen molar-refractivity contribution in [3.05, 3.63) is 121 Å². The van der Waals surface area contributed by atoms with Gasteiger partial charge >= 0.3 is 33.2 Å². The van der Waals surface area contributed by atoms with Gasteiger partial charge in [-0.2, -0.15) is 9.59 Å². The van der Waals surface area contributed by atoms with Crippen LogP contribution >= 0.6 is 25.5 Å². The molecule has 0 saturated heterocycles. The van der Waals surface area contributed by atoms with Gasteiger partial charge in [0.05, 0.1) is 56.0 Å². The number of benzene rings is 4.